The van der Waals surface area contributed by atoms with E-state index in [1.54, 1.807) is 25.4 Å². The van der Waals surface area contributed by atoms with Crippen molar-refractivity contribution in [1.29, 1.82) is 0 Å². The van der Waals surface area contributed by atoms with Gasteiger partial charge in [-0.05, 0) is 25.4 Å². The highest BCUT2D eigenvalue weighted by atomic mass is 32.1. The maximum atomic E-state index is 11.4. The molecule has 0 aliphatic heterocycles. The number of aromatic nitrogens is 1. The molecule has 0 unspecified atom stereocenters. The molecule has 0 saturated carbocycles. The van der Waals surface area contributed by atoms with Gasteiger partial charge in [0.05, 0.1) is 17.3 Å². The summed E-state index contributed by atoms with van der Waals surface area (Å²) in [6.45, 7) is 3.38. The number of rotatable bonds is 2. The van der Waals surface area contributed by atoms with E-state index in [2.05, 4.69) is 4.37 Å². The van der Waals surface area contributed by atoms with Gasteiger partial charge in [0.1, 0.15) is 0 Å². The molecule has 0 fully saturated rings. The van der Waals surface area contributed by atoms with E-state index in [1.165, 1.54) is 11.5 Å². The number of carbonyl (C=O) groups excluding carboxylic acids is 1. The number of hydrogen-bond donors (Lipinski definition) is 1. The van der Waals surface area contributed by atoms with Crippen LogP contribution in [0.5, 0.6) is 0 Å². The molecule has 0 spiro atoms. The number of ketones is 1. The largest absolute Gasteiger partial charge is 0.319 e. The summed E-state index contributed by atoms with van der Waals surface area (Å²) in [7, 11) is 0. The van der Waals surface area contributed by atoms with Crippen LogP contribution in [-0.4, -0.2) is 15.7 Å². The Hall–Kier alpha value is -0.740. The van der Waals surface area contributed by atoms with Crippen molar-refractivity contribution in [3.8, 4) is 0 Å². The number of nitrogens with zero attached hydrogens (tertiary/aromatic N) is 1. The Balaban J connectivity index is 2.88. The van der Waals surface area contributed by atoms with Crippen molar-refractivity contribution in [2.45, 2.75) is 19.4 Å². The average Bonchev–Trinajstić information content (AvgIpc) is 2.34. The molecule has 1 aromatic rings. The molecule has 60 valence electrons. The van der Waals surface area contributed by atoms with Crippen LogP contribution in [0.1, 0.15) is 24.2 Å². The minimum Gasteiger partial charge on any atom is -0.319 e. The second kappa shape index (κ2) is 2.71. The number of nitrogens with two attached hydrogens (primary N) is 1. The summed E-state index contributed by atoms with van der Waals surface area (Å²) in [4.78, 5) is 11.4. The molecule has 4 heteroatoms. The molecule has 0 amide bonds. The number of Topliss-reactive ketones (excluding diaryl/α,β-unsaturated/α-hetero) is 1. The summed E-state index contributed by atoms with van der Waals surface area (Å²) in [5.41, 5.74) is 5.41. The molecule has 11 heavy (non-hydrogen) atoms. The van der Waals surface area contributed by atoms with E-state index in [0.29, 0.717) is 5.56 Å². The van der Waals surface area contributed by atoms with Crippen LogP contribution in [0, 0.1) is 0 Å². The lowest BCUT2D eigenvalue weighted by Crippen LogP contribution is -2.41. The van der Waals surface area contributed by atoms with Crippen LogP contribution >= 0.6 is 11.5 Å². The van der Waals surface area contributed by atoms with E-state index in [4.69, 9.17) is 5.73 Å². The topological polar surface area (TPSA) is 56.0 Å². The SMILES string of the molecule is CC(C)(N)C(=O)c1cnsc1. The van der Waals surface area contributed by atoms with E-state index in [-0.39, 0.29) is 5.78 Å². The molecule has 0 aliphatic carbocycles. The van der Waals surface area contributed by atoms with Crippen LogP contribution in [-0.2, 0) is 0 Å². The Morgan fingerprint density at radius 1 is 1.73 bits per heavy atom. The van der Waals surface area contributed by atoms with Gasteiger partial charge in [0.25, 0.3) is 0 Å². The van der Waals surface area contributed by atoms with E-state index in [0.717, 1.165) is 0 Å². The Bertz CT molecular complexity index is 248. The maximum Gasteiger partial charge on any atom is 0.184 e. The predicted molar refractivity (Wildman–Crippen MR) is 44.7 cm³/mol. The Morgan fingerprint density at radius 3 is 2.73 bits per heavy atom. The second-order valence-corrected chi connectivity index (χ2v) is 3.62. The van der Waals surface area contributed by atoms with Crippen LogP contribution in [0.4, 0.5) is 0 Å². The van der Waals surface area contributed by atoms with Gasteiger partial charge in [-0.3, -0.25) is 4.79 Å². The smallest absolute Gasteiger partial charge is 0.184 e. The van der Waals surface area contributed by atoms with Crippen molar-refractivity contribution in [3.05, 3.63) is 17.1 Å². The maximum absolute atomic E-state index is 11.4. The average molecular weight is 170 g/mol. The van der Waals surface area contributed by atoms with Crippen molar-refractivity contribution >= 4 is 17.3 Å². The first kappa shape index (κ1) is 8.36. The van der Waals surface area contributed by atoms with E-state index in [1.807, 2.05) is 0 Å². The minimum absolute atomic E-state index is 0.0637. The lowest BCUT2D eigenvalue weighted by molar-refractivity contribution is 0.0914. The third-order valence-corrected chi connectivity index (χ3v) is 1.87. The van der Waals surface area contributed by atoms with Gasteiger partial charge in [-0.15, -0.1) is 0 Å². The molecule has 0 radical (unpaired) electrons. The van der Waals surface area contributed by atoms with E-state index < -0.39 is 5.54 Å². The monoisotopic (exact) mass is 170 g/mol. The molecule has 0 saturated heterocycles. The zero-order valence-corrected chi connectivity index (χ0v) is 7.31. The molecular formula is C7H10N2OS. The van der Waals surface area contributed by atoms with Gasteiger partial charge in [0.15, 0.2) is 5.78 Å². The van der Waals surface area contributed by atoms with Crippen LogP contribution in [0.3, 0.4) is 0 Å². The molecule has 0 aromatic carbocycles. The van der Waals surface area contributed by atoms with Crippen LogP contribution in [0.2, 0.25) is 0 Å². The summed E-state index contributed by atoms with van der Waals surface area (Å²) in [5.74, 6) is -0.0637. The molecule has 0 bridgehead atoms. The molecule has 1 heterocycles. The summed E-state index contributed by atoms with van der Waals surface area (Å²) in [5, 5.41) is 1.71. The highest BCUT2D eigenvalue weighted by Gasteiger charge is 2.23. The third kappa shape index (κ3) is 1.85. The van der Waals surface area contributed by atoms with Gasteiger partial charge in [0.2, 0.25) is 0 Å². The standard InChI is InChI=1S/C7H10N2OS/c1-7(2,8)6(10)5-3-9-11-4-5/h3-4H,8H2,1-2H3. The van der Waals surface area contributed by atoms with Crippen molar-refractivity contribution in [1.82, 2.24) is 4.37 Å². The Morgan fingerprint density at radius 2 is 2.36 bits per heavy atom. The van der Waals surface area contributed by atoms with Crippen LogP contribution < -0.4 is 5.73 Å². The molecule has 1 aromatic heterocycles. The lowest BCUT2D eigenvalue weighted by Gasteiger charge is -2.14. The van der Waals surface area contributed by atoms with Gasteiger partial charge in [0, 0.05) is 5.38 Å². The summed E-state index contributed by atoms with van der Waals surface area (Å²) >= 11 is 1.26. The normalized spacial score (nSPS) is 11.5. The highest BCUT2D eigenvalue weighted by molar-refractivity contribution is 7.03. The van der Waals surface area contributed by atoms with Gasteiger partial charge in [-0.2, -0.15) is 0 Å². The van der Waals surface area contributed by atoms with Gasteiger partial charge >= 0.3 is 0 Å². The number of hydrogen-bond acceptors (Lipinski definition) is 4. The first-order chi connectivity index (χ1) is 5.02. The fraction of sp³-hybridized carbons (Fsp3) is 0.429. The van der Waals surface area contributed by atoms with Gasteiger partial charge in [-0.25, -0.2) is 4.37 Å². The van der Waals surface area contributed by atoms with Crippen molar-refractivity contribution in [2.24, 2.45) is 5.73 Å². The Labute approximate surface area is 69.4 Å². The summed E-state index contributed by atoms with van der Waals surface area (Å²) < 4.78 is 3.82. The first-order valence-corrected chi connectivity index (χ1v) is 4.08. The minimum atomic E-state index is -0.789. The zero-order valence-electron chi connectivity index (χ0n) is 6.50. The first-order valence-electron chi connectivity index (χ1n) is 3.25. The van der Waals surface area contributed by atoms with Crippen LogP contribution in [0.25, 0.3) is 0 Å². The van der Waals surface area contributed by atoms with Crippen molar-refractivity contribution < 1.29 is 4.79 Å². The molecule has 0 aliphatic rings. The molecule has 3 nitrogen and oxygen atoms in total. The van der Waals surface area contributed by atoms with Crippen LogP contribution in [0.15, 0.2) is 11.6 Å². The predicted octanol–water partition coefficient (Wildman–Crippen LogP) is 1.06. The fourth-order valence-electron chi connectivity index (χ4n) is 0.689. The van der Waals surface area contributed by atoms with E-state index in [9.17, 15) is 4.79 Å². The molecular weight excluding hydrogens is 160 g/mol. The molecule has 1 rings (SSSR count). The lowest BCUT2D eigenvalue weighted by atomic mass is 9.97. The van der Waals surface area contributed by atoms with Gasteiger partial charge in [-0.1, -0.05) is 0 Å². The number of carbonyl (C=O) groups is 1. The van der Waals surface area contributed by atoms with Crippen molar-refractivity contribution in [3.63, 3.8) is 0 Å². The van der Waals surface area contributed by atoms with E-state index >= 15 is 0 Å². The summed E-state index contributed by atoms with van der Waals surface area (Å²) in [6, 6.07) is 0. The third-order valence-electron chi connectivity index (χ3n) is 1.28. The highest BCUT2D eigenvalue weighted by Crippen LogP contribution is 2.10. The molecule has 2 N–H and O–H groups in total. The summed E-state index contributed by atoms with van der Waals surface area (Å²) in [6.07, 6.45) is 1.54. The van der Waals surface area contributed by atoms with Crippen molar-refractivity contribution in [2.75, 3.05) is 0 Å². The molecule has 0 atom stereocenters. The zero-order chi connectivity index (χ0) is 8.48. The second-order valence-electron chi connectivity index (χ2n) is 2.96. The fourth-order valence-corrected chi connectivity index (χ4v) is 1.21. The Kier molecular flexibility index (Phi) is 2.06. The van der Waals surface area contributed by atoms with Gasteiger partial charge < -0.3 is 5.73 Å². The quantitative estimate of drug-likeness (QED) is 0.675.